The standard InChI is InChI=1S/C13H11ClN4S/c14-12-2-1-10(19-12)7-18-8-16-6-11(18)9-3-4-17-13(15)5-9/h1-6,8H,7H2,(H2,15,17). The number of hydrogen-bond acceptors (Lipinski definition) is 4. The van der Waals surface area contributed by atoms with Crippen LogP contribution < -0.4 is 5.73 Å². The van der Waals surface area contributed by atoms with Gasteiger partial charge in [0.1, 0.15) is 5.82 Å². The molecule has 0 spiro atoms. The van der Waals surface area contributed by atoms with Crippen molar-refractivity contribution in [3.63, 3.8) is 0 Å². The molecular weight excluding hydrogens is 280 g/mol. The summed E-state index contributed by atoms with van der Waals surface area (Å²) in [5.74, 6) is 0.504. The van der Waals surface area contributed by atoms with Crippen LogP contribution in [-0.2, 0) is 6.54 Å². The lowest BCUT2D eigenvalue weighted by atomic mass is 10.2. The maximum Gasteiger partial charge on any atom is 0.123 e. The summed E-state index contributed by atoms with van der Waals surface area (Å²) < 4.78 is 2.86. The highest BCUT2D eigenvalue weighted by molar-refractivity contribution is 7.16. The first-order valence-electron chi connectivity index (χ1n) is 5.68. The molecule has 3 rings (SSSR count). The van der Waals surface area contributed by atoms with E-state index < -0.39 is 0 Å². The zero-order valence-electron chi connectivity index (χ0n) is 9.95. The Morgan fingerprint density at radius 1 is 1.32 bits per heavy atom. The van der Waals surface area contributed by atoms with Gasteiger partial charge in [0, 0.05) is 16.6 Å². The number of imidazole rings is 1. The van der Waals surface area contributed by atoms with E-state index in [1.165, 1.54) is 4.88 Å². The number of anilines is 1. The smallest absolute Gasteiger partial charge is 0.123 e. The van der Waals surface area contributed by atoms with E-state index in [-0.39, 0.29) is 0 Å². The minimum absolute atomic E-state index is 0.504. The van der Waals surface area contributed by atoms with Crippen LogP contribution in [-0.4, -0.2) is 14.5 Å². The second kappa shape index (κ2) is 5.03. The molecule has 0 fully saturated rings. The second-order valence-corrected chi connectivity index (χ2v) is 5.88. The van der Waals surface area contributed by atoms with E-state index in [0.717, 1.165) is 22.1 Å². The molecular formula is C13H11ClN4S. The van der Waals surface area contributed by atoms with Crippen LogP contribution in [0.3, 0.4) is 0 Å². The van der Waals surface area contributed by atoms with Gasteiger partial charge in [-0.25, -0.2) is 9.97 Å². The van der Waals surface area contributed by atoms with Crippen molar-refractivity contribution in [3.8, 4) is 11.3 Å². The highest BCUT2D eigenvalue weighted by Crippen LogP contribution is 2.25. The summed E-state index contributed by atoms with van der Waals surface area (Å²) in [6.45, 7) is 0.745. The predicted octanol–water partition coefficient (Wildman–Crippen LogP) is 3.29. The number of rotatable bonds is 3. The monoisotopic (exact) mass is 290 g/mol. The number of thiophene rings is 1. The molecule has 0 atom stereocenters. The molecule has 0 saturated heterocycles. The van der Waals surface area contributed by atoms with Crippen molar-refractivity contribution in [2.45, 2.75) is 6.54 Å². The molecule has 2 N–H and O–H groups in total. The molecule has 0 aliphatic rings. The maximum atomic E-state index is 5.95. The highest BCUT2D eigenvalue weighted by Gasteiger charge is 2.07. The third kappa shape index (κ3) is 2.62. The Bertz CT molecular complexity index is 704. The topological polar surface area (TPSA) is 56.7 Å². The predicted molar refractivity (Wildman–Crippen MR) is 78.3 cm³/mol. The number of nitrogens with two attached hydrogens (primary N) is 1. The fourth-order valence-corrected chi connectivity index (χ4v) is 2.99. The lowest BCUT2D eigenvalue weighted by Crippen LogP contribution is -1.99. The van der Waals surface area contributed by atoms with Gasteiger partial charge in [-0.1, -0.05) is 11.6 Å². The van der Waals surface area contributed by atoms with Crippen LogP contribution in [0.25, 0.3) is 11.3 Å². The largest absolute Gasteiger partial charge is 0.384 e. The van der Waals surface area contributed by atoms with E-state index in [2.05, 4.69) is 14.5 Å². The zero-order valence-corrected chi connectivity index (χ0v) is 11.5. The SMILES string of the molecule is Nc1cc(-c2cncn2Cc2ccc(Cl)s2)ccn1. The van der Waals surface area contributed by atoms with E-state index >= 15 is 0 Å². The highest BCUT2D eigenvalue weighted by atomic mass is 35.5. The number of hydrogen-bond donors (Lipinski definition) is 1. The Hall–Kier alpha value is -1.85. The summed E-state index contributed by atoms with van der Waals surface area (Å²) in [6.07, 6.45) is 5.33. The summed E-state index contributed by atoms with van der Waals surface area (Å²) in [7, 11) is 0. The summed E-state index contributed by atoms with van der Waals surface area (Å²) in [5.41, 5.74) is 7.73. The molecule has 0 radical (unpaired) electrons. The third-order valence-corrected chi connectivity index (χ3v) is 3.96. The van der Waals surface area contributed by atoms with Gasteiger partial charge in [-0.2, -0.15) is 0 Å². The van der Waals surface area contributed by atoms with Gasteiger partial charge in [0.05, 0.1) is 29.1 Å². The second-order valence-electron chi connectivity index (χ2n) is 4.08. The average molecular weight is 291 g/mol. The lowest BCUT2D eigenvalue weighted by molar-refractivity contribution is 0.817. The average Bonchev–Trinajstić information content (AvgIpc) is 2.99. The van der Waals surface area contributed by atoms with Crippen LogP contribution in [0.1, 0.15) is 4.88 Å². The first-order chi connectivity index (χ1) is 9.22. The van der Waals surface area contributed by atoms with Gasteiger partial charge in [0.15, 0.2) is 0 Å². The number of nitrogens with zero attached hydrogens (tertiary/aromatic N) is 3. The summed E-state index contributed by atoms with van der Waals surface area (Å²) in [4.78, 5) is 9.39. The molecule has 96 valence electrons. The summed E-state index contributed by atoms with van der Waals surface area (Å²) in [6, 6.07) is 7.69. The van der Waals surface area contributed by atoms with Crippen molar-refractivity contribution >= 4 is 28.8 Å². The van der Waals surface area contributed by atoms with E-state index in [1.807, 2.05) is 30.5 Å². The van der Waals surface area contributed by atoms with Crippen LogP contribution in [0.4, 0.5) is 5.82 Å². The molecule has 0 amide bonds. The van der Waals surface area contributed by atoms with E-state index in [9.17, 15) is 0 Å². The molecule has 0 saturated carbocycles. The van der Waals surface area contributed by atoms with Crippen molar-refractivity contribution in [2.24, 2.45) is 0 Å². The van der Waals surface area contributed by atoms with Gasteiger partial charge in [0.25, 0.3) is 0 Å². The van der Waals surface area contributed by atoms with Gasteiger partial charge in [-0.15, -0.1) is 11.3 Å². The molecule has 3 heterocycles. The van der Waals surface area contributed by atoms with E-state index in [4.69, 9.17) is 17.3 Å². The van der Waals surface area contributed by atoms with Crippen molar-refractivity contribution in [2.75, 3.05) is 5.73 Å². The quantitative estimate of drug-likeness (QED) is 0.805. The van der Waals surface area contributed by atoms with Gasteiger partial charge >= 0.3 is 0 Å². The van der Waals surface area contributed by atoms with E-state index in [0.29, 0.717) is 5.82 Å². The first kappa shape index (κ1) is 12.2. The molecule has 0 aliphatic carbocycles. The van der Waals surface area contributed by atoms with Crippen molar-refractivity contribution in [1.82, 2.24) is 14.5 Å². The summed E-state index contributed by atoms with van der Waals surface area (Å²) >= 11 is 7.52. The van der Waals surface area contributed by atoms with Crippen molar-refractivity contribution in [3.05, 3.63) is 52.2 Å². The first-order valence-corrected chi connectivity index (χ1v) is 6.88. The molecule has 6 heteroatoms. The van der Waals surface area contributed by atoms with Crippen LogP contribution in [0.2, 0.25) is 4.34 Å². The van der Waals surface area contributed by atoms with Gasteiger partial charge in [-0.3, -0.25) is 0 Å². The Kier molecular flexibility index (Phi) is 3.23. The third-order valence-electron chi connectivity index (χ3n) is 2.74. The molecule has 4 nitrogen and oxygen atoms in total. The molecule has 3 aromatic rings. The number of halogens is 1. The molecule has 3 aromatic heterocycles. The molecule has 0 aromatic carbocycles. The molecule has 0 aliphatic heterocycles. The number of aromatic nitrogens is 3. The molecule has 0 bridgehead atoms. The Balaban J connectivity index is 1.94. The van der Waals surface area contributed by atoms with Gasteiger partial charge in [0.2, 0.25) is 0 Å². The molecule has 19 heavy (non-hydrogen) atoms. The minimum atomic E-state index is 0.504. The Labute approximate surface area is 119 Å². The van der Waals surface area contributed by atoms with Crippen LogP contribution in [0.15, 0.2) is 43.0 Å². The number of pyridine rings is 1. The lowest BCUT2D eigenvalue weighted by Gasteiger charge is -2.07. The van der Waals surface area contributed by atoms with Gasteiger partial charge in [-0.05, 0) is 24.3 Å². The van der Waals surface area contributed by atoms with E-state index in [1.54, 1.807) is 23.9 Å². The minimum Gasteiger partial charge on any atom is -0.384 e. The van der Waals surface area contributed by atoms with Crippen molar-refractivity contribution < 1.29 is 0 Å². The fraction of sp³-hybridized carbons (Fsp3) is 0.0769. The number of nitrogen functional groups attached to an aromatic ring is 1. The fourth-order valence-electron chi connectivity index (χ4n) is 1.90. The Morgan fingerprint density at radius 3 is 2.95 bits per heavy atom. The van der Waals surface area contributed by atoms with Gasteiger partial charge < -0.3 is 10.3 Å². The van der Waals surface area contributed by atoms with Crippen LogP contribution in [0.5, 0.6) is 0 Å². The normalized spacial score (nSPS) is 10.8. The van der Waals surface area contributed by atoms with Crippen LogP contribution >= 0.6 is 22.9 Å². The zero-order chi connectivity index (χ0) is 13.2. The van der Waals surface area contributed by atoms with Crippen LogP contribution in [0, 0.1) is 0 Å². The molecule has 0 unspecified atom stereocenters. The maximum absolute atomic E-state index is 5.95. The Morgan fingerprint density at radius 2 is 2.21 bits per heavy atom. The van der Waals surface area contributed by atoms with Crippen molar-refractivity contribution in [1.29, 1.82) is 0 Å². The summed E-state index contributed by atoms with van der Waals surface area (Å²) in [5, 5.41) is 0.